The molecular weight excluding hydrogens is 309 g/mol. The van der Waals surface area contributed by atoms with Gasteiger partial charge >= 0.3 is 5.97 Å². The highest BCUT2D eigenvalue weighted by atomic mass is 35.5. The zero-order valence-electron chi connectivity index (χ0n) is 11.7. The van der Waals surface area contributed by atoms with Crippen LogP contribution in [0.4, 0.5) is 10.1 Å². The van der Waals surface area contributed by atoms with Gasteiger partial charge in [0.05, 0.1) is 16.3 Å². The van der Waals surface area contributed by atoms with Gasteiger partial charge in [0, 0.05) is 0 Å². The smallest absolute Gasteiger partial charge is 0.340 e. The minimum atomic E-state index is -1.09. The van der Waals surface area contributed by atoms with Crippen LogP contribution in [0.5, 0.6) is 0 Å². The summed E-state index contributed by atoms with van der Waals surface area (Å²) in [6.07, 6.45) is -1.09. The van der Waals surface area contributed by atoms with Gasteiger partial charge < -0.3 is 10.1 Å². The fraction of sp³-hybridized carbons (Fsp3) is 0.125. The maximum absolute atomic E-state index is 13.5. The van der Waals surface area contributed by atoms with E-state index in [4.69, 9.17) is 16.3 Å². The van der Waals surface area contributed by atoms with E-state index < -0.39 is 23.8 Å². The average Bonchev–Trinajstić information content (AvgIpc) is 2.49. The van der Waals surface area contributed by atoms with Crippen LogP contribution >= 0.6 is 11.6 Å². The van der Waals surface area contributed by atoms with Crippen molar-refractivity contribution in [2.24, 2.45) is 0 Å². The van der Waals surface area contributed by atoms with E-state index >= 15 is 0 Å². The summed E-state index contributed by atoms with van der Waals surface area (Å²) in [4.78, 5) is 23.9. The van der Waals surface area contributed by atoms with E-state index in [2.05, 4.69) is 5.32 Å². The maximum atomic E-state index is 13.5. The van der Waals surface area contributed by atoms with Crippen molar-refractivity contribution in [3.63, 3.8) is 0 Å². The molecule has 0 spiro atoms. The largest absolute Gasteiger partial charge is 0.449 e. The minimum Gasteiger partial charge on any atom is -0.449 e. The van der Waals surface area contributed by atoms with Crippen LogP contribution in [-0.2, 0) is 9.53 Å². The Morgan fingerprint density at radius 2 is 1.77 bits per heavy atom. The lowest BCUT2D eigenvalue weighted by molar-refractivity contribution is -0.123. The number of esters is 1. The first-order valence-corrected chi connectivity index (χ1v) is 6.87. The number of para-hydroxylation sites is 1. The van der Waals surface area contributed by atoms with Crippen molar-refractivity contribution >= 4 is 29.2 Å². The Morgan fingerprint density at radius 3 is 2.45 bits per heavy atom. The predicted molar refractivity (Wildman–Crippen MR) is 81.4 cm³/mol. The average molecular weight is 322 g/mol. The summed E-state index contributed by atoms with van der Waals surface area (Å²) in [5.74, 6) is -1.92. The fourth-order valence-electron chi connectivity index (χ4n) is 1.70. The standard InChI is InChI=1S/C16H13ClFNO3/c1-10(15(20)19-14-9-5-4-8-13(14)18)22-16(21)11-6-2-3-7-12(11)17/h2-10H,1H3,(H,19,20)/t10-/m1/s1. The summed E-state index contributed by atoms with van der Waals surface area (Å²) in [6.45, 7) is 1.39. The number of halogens is 2. The van der Waals surface area contributed by atoms with Gasteiger partial charge in [-0.1, -0.05) is 35.9 Å². The SMILES string of the molecule is C[C@@H](OC(=O)c1ccccc1Cl)C(=O)Nc1ccccc1F. The van der Waals surface area contributed by atoms with Crippen LogP contribution in [0.1, 0.15) is 17.3 Å². The van der Waals surface area contributed by atoms with Gasteiger partial charge in [0.15, 0.2) is 6.10 Å². The Balaban J connectivity index is 2.01. The second-order valence-electron chi connectivity index (χ2n) is 4.50. The summed E-state index contributed by atoms with van der Waals surface area (Å²) in [6, 6.07) is 12.1. The zero-order chi connectivity index (χ0) is 16.1. The Morgan fingerprint density at radius 1 is 1.14 bits per heavy atom. The first-order chi connectivity index (χ1) is 10.5. The quantitative estimate of drug-likeness (QED) is 0.874. The van der Waals surface area contributed by atoms with E-state index in [0.29, 0.717) is 0 Å². The molecule has 0 heterocycles. The van der Waals surface area contributed by atoms with Crippen molar-refractivity contribution in [3.8, 4) is 0 Å². The molecular formula is C16H13ClFNO3. The number of rotatable bonds is 4. The van der Waals surface area contributed by atoms with E-state index in [1.807, 2.05) is 0 Å². The topological polar surface area (TPSA) is 55.4 Å². The van der Waals surface area contributed by atoms with E-state index in [0.717, 1.165) is 0 Å². The number of benzene rings is 2. The molecule has 0 aliphatic rings. The van der Waals surface area contributed by atoms with Crippen molar-refractivity contribution in [1.82, 2.24) is 0 Å². The molecule has 0 radical (unpaired) electrons. The van der Waals surface area contributed by atoms with Gasteiger partial charge in [0.25, 0.3) is 5.91 Å². The van der Waals surface area contributed by atoms with Crippen molar-refractivity contribution in [2.45, 2.75) is 13.0 Å². The number of carbonyl (C=O) groups is 2. The molecule has 22 heavy (non-hydrogen) atoms. The zero-order valence-corrected chi connectivity index (χ0v) is 12.4. The number of ether oxygens (including phenoxy) is 1. The molecule has 0 saturated carbocycles. The van der Waals surface area contributed by atoms with E-state index in [1.165, 1.54) is 31.2 Å². The third-order valence-corrected chi connectivity index (χ3v) is 3.21. The maximum Gasteiger partial charge on any atom is 0.340 e. The molecule has 0 unspecified atom stereocenters. The van der Waals surface area contributed by atoms with Gasteiger partial charge in [-0.05, 0) is 31.2 Å². The number of hydrogen-bond acceptors (Lipinski definition) is 3. The lowest BCUT2D eigenvalue weighted by atomic mass is 10.2. The number of nitrogens with one attached hydrogen (secondary N) is 1. The second kappa shape index (κ2) is 7.04. The molecule has 2 rings (SSSR count). The highest BCUT2D eigenvalue weighted by molar-refractivity contribution is 6.33. The second-order valence-corrected chi connectivity index (χ2v) is 4.90. The Bertz CT molecular complexity index is 705. The molecule has 6 heteroatoms. The molecule has 0 aromatic heterocycles. The molecule has 1 N–H and O–H groups in total. The predicted octanol–water partition coefficient (Wildman–Crippen LogP) is 3.66. The summed E-state index contributed by atoms with van der Waals surface area (Å²) in [7, 11) is 0. The van der Waals surface area contributed by atoms with E-state index in [-0.39, 0.29) is 16.3 Å². The molecule has 2 aromatic carbocycles. The van der Waals surface area contributed by atoms with E-state index in [9.17, 15) is 14.0 Å². The van der Waals surface area contributed by atoms with Gasteiger partial charge in [0.2, 0.25) is 0 Å². The van der Waals surface area contributed by atoms with Crippen LogP contribution in [0.25, 0.3) is 0 Å². The molecule has 2 aromatic rings. The minimum absolute atomic E-state index is 0.0214. The summed E-state index contributed by atoms with van der Waals surface area (Å²) < 4.78 is 18.5. The van der Waals surface area contributed by atoms with Gasteiger partial charge in [-0.25, -0.2) is 9.18 Å². The lowest BCUT2D eigenvalue weighted by Crippen LogP contribution is -2.30. The Labute approximate surface area is 131 Å². The lowest BCUT2D eigenvalue weighted by Gasteiger charge is -2.14. The van der Waals surface area contributed by atoms with Crippen LogP contribution < -0.4 is 5.32 Å². The number of hydrogen-bond donors (Lipinski definition) is 1. The van der Waals surface area contributed by atoms with Crippen molar-refractivity contribution in [2.75, 3.05) is 5.32 Å². The molecule has 4 nitrogen and oxygen atoms in total. The van der Waals surface area contributed by atoms with Crippen LogP contribution in [0.2, 0.25) is 5.02 Å². The van der Waals surface area contributed by atoms with Crippen molar-refractivity contribution in [3.05, 3.63) is 64.9 Å². The molecule has 0 aliphatic heterocycles. The number of anilines is 1. The van der Waals surface area contributed by atoms with Crippen LogP contribution in [0.15, 0.2) is 48.5 Å². The van der Waals surface area contributed by atoms with Gasteiger partial charge in [-0.2, -0.15) is 0 Å². The normalized spacial score (nSPS) is 11.6. The van der Waals surface area contributed by atoms with Crippen LogP contribution in [0, 0.1) is 5.82 Å². The molecule has 0 saturated heterocycles. The van der Waals surface area contributed by atoms with Crippen molar-refractivity contribution in [1.29, 1.82) is 0 Å². The number of amides is 1. The van der Waals surface area contributed by atoms with Crippen molar-refractivity contribution < 1.29 is 18.7 Å². The monoisotopic (exact) mass is 321 g/mol. The van der Waals surface area contributed by atoms with Crippen LogP contribution in [-0.4, -0.2) is 18.0 Å². The van der Waals surface area contributed by atoms with Crippen LogP contribution in [0.3, 0.4) is 0 Å². The van der Waals surface area contributed by atoms with Gasteiger partial charge in [-0.15, -0.1) is 0 Å². The van der Waals surface area contributed by atoms with E-state index in [1.54, 1.807) is 24.3 Å². The molecule has 1 amide bonds. The molecule has 0 aliphatic carbocycles. The molecule has 0 bridgehead atoms. The Hall–Kier alpha value is -2.40. The first-order valence-electron chi connectivity index (χ1n) is 6.50. The third-order valence-electron chi connectivity index (χ3n) is 2.88. The van der Waals surface area contributed by atoms with Gasteiger partial charge in [0.1, 0.15) is 5.82 Å². The number of carbonyl (C=O) groups excluding carboxylic acids is 2. The summed E-state index contributed by atoms with van der Waals surface area (Å²) in [5.41, 5.74) is 0.183. The molecule has 114 valence electrons. The first kappa shape index (κ1) is 16.0. The highest BCUT2D eigenvalue weighted by Gasteiger charge is 2.21. The summed E-state index contributed by atoms with van der Waals surface area (Å²) >= 11 is 5.88. The summed E-state index contributed by atoms with van der Waals surface area (Å²) in [5, 5.41) is 2.59. The molecule has 0 fully saturated rings. The highest BCUT2D eigenvalue weighted by Crippen LogP contribution is 2.17. The van der Waals surface area contributed by atoms with Gasteiger partial charge in [-0.3, -0.25) is 4.79 Å². The third kappa shape index (κ3) is 3.83. The molecule has 1 atom stereocenters. The fourth-order valence-corrected chi connectivity index (χ4v) is 1.91. The Kier molecular flexibility index (Phi) is 5.12.